The van der Waals surface area contributed by atoms with Gasteiger partial charge in [0.1, 0.15) is 5.75 Å². The number of benzene rings is 1. The molecule has 0 spiro atoms. The number of hydrogen-bond donors (Lipinski definition) is 3. The predicted molar refractivity (Wildman–Crippen MR) is 129 cm³/mol. The van der Waals surface area contributed by atoms with Gasteiger partial charge in [-0.3, -0.25) is 4.79 Å². The van der Waals surface area contributed by atoms with E-state index in [0.717, 1.165) is 56.2 Å². The molecule has 0 bridgehead atoms. The molecule has 0 heterocycles. The highest BCUT2D eigenvalue weighted by Crippen LogP contribution is 2.28. The number of rotatable bonds is 12. The van der Waals surface area contributed by atoms with Crippen LogP contribution in [0.15, 0.2) is 29.3 Å². The Hall–Kier alpha value is -1.55. The fourth-order valence-corrected chi connectivity index (χ4v) is 2.63. The molecule has 1 aliphatic rings. The molecule has 1 aliphatic carbocycles. The van der Waals surface area contributed by atoms with Gasteiger partial charge in [-0.25, -0.2) is 4.99 Å². The number of halogens is 1. The summed E-state index contributed by atoms with van der Waals surface area (Å²) in [5, 5.41) is 9.43. The van der Waals surface area contributed by atoms with Crippen LogP contribution in [0.4, 0.5) is 0 Å². The summed E-state index contributed by atoms with van der Waals surface area (Å²) < 4.78 is 5.76. The van der Waals surface area contributed by atoms with Gasteiger partial charge in [0.05, 0.1) is 13.2 Å². The van der Waals surface area contributed by atoms with Gasteiger partial charge < -0.3 is 25.6 Å². The van der Waals surface area contributed by atoms with Crippen LogP contribution in [0, 0.1) is 5.92 Å². The maximum Gasteiger partial charge on any atom is 0.223 e. The van der Waals surface area contributed by atoms with E-state index < -0.39 is 0 Å². The van der Waals surface area contributed by atoms with E-state index in [9.17, 15) is 4.79 Å². The molecule has 1 saturated carbocycles. The molecule has 0 aliphatic heterocycles. The number of hydrogen-bond acceptors (Lipinski definition) is 4. The minimum Gasteiger partial charge on any atom is -0.494 e. The maximum atomic E-state index is 11.6. The van der Waals surface area contributed by atoms with E-state index in [1.165, 1.54) is 0 Å². The second-order valence-electron chi connectivity index (χ2n) is 7.34. The number of guanidine groups is 1. The molecule has 1 aromatic carbocycles. The third-order valence-corrected chi connectivity index (χ3v) is 4.37. The largest absolute Gasteiger partial charge is 0.494 e. The summed E-state index contributed by atoms with van der Waals surface area (Å²) in [4.78, 5) is 18.4. The quantitative estimate of drug-likeness (QED) is 0.172. The van der Waals surface area contributed by atoms with E-state index in [1.807, 2.05) is 31.2 Å². The Balaban J connectivity index is 0.00000420. The Morgan fingerprint density at radius 3 is 2.45 bits per heavy atom. The highest BCUT2D eigenvalue weighted by atomic mass is 127. The number of nitrogens with zero attached hydrogens (tertiary/aromatic N) is 2. The molecule has 1 fully saturated rings. The third-order valence-electron chi connectivity index (χ3n) is 4.37. The number of carbonyl (C=O) groups excluding carboxylic acids is 1. The Kier molecular flexibility index (Phi) is 12.7. The van der Waals surface area contributed by atoms with Gasteiger partial charge >= 0.3 is 0 Å². The molecule has 164 valence electrons. The number of nitrogens with one attached hydrogen (secondary N) is 3. The van der Waals surface area contributed by atoms with Crippen LogP contribution in [0.2, 0.25) is 0 Å². The van der Waals surface area contributed by atoms with Gasteiger partial charge in [0.25, 0.3) is 0 Å². The summed E-state index contributed by atoms with van der Waals surface area (Å²) in [5.74, 6) is 2.07. The lowest BCUT2D eigenvalue weighted by molar-refractivity contribution is -0.122. The van der Waals surface area contributed by atoms with E-state index in [4.69, 9.17) is 4.74 Å². The Bertz CT molecular complexity index is 618. The molecular formula is C21H36IN5O2. The van der Waals surface area contributed by atoms with E-state index in [2.05, 4.69) is 39.9 Å². The Labute approximate surface area is 192 Å². The van der Waals surface area contributed by atoms with Crippen molar-refractivity contribution >= 4 is 35.8 Å². The molecule has 2 rings (SSSR count). The monoisotopic (exact) mass is 517 g/mol. The molecule has 1 aromatic rings. The zero-order valence-electron chi connectivity index (χ0n) is 17.9. The van der Waals surface area contributed by atoms with Crippen LogP contribution >= 0.6 is 24.0 Å². The molecule has 29 heavy (non-hydrogen) atoms. The van der Waals surface area contributed by atoms with Gasteiger partial charge in [-0.1, -0.05) is 12.1 Å². The van der Waals surface area contributed by atoms with Gasteiger partial charge in [-0.15, -0.1) is 24.0 Å². The standard InChI is InChI=1S/C21H35N5O2.HI/c1-4-22-21(24-13-12-23-20(27)18-8-9-18)25-16-17-6-10-19(11-7-17)28-15-5-14-26(2)3;/h6-7,10-11,18H,4-5,8-9,12-16H2,1-3H3,(H,23,27)(H2,22,24,25);1H. The summed E-state index contributed by atoms with van der Waals surface area (Å²) in [7, 11) is 4.13. The molecular weight excluding hydrogens is 481 g/mol. The van der Waals surface area contributed by atoms with Crippen LogP contribution < -0.4 is 20.7 Å². The van der Waals surface area contributed by atoms with Crippen molar-refractivity contribution in [2.75, 3.05) is 46.9 Å². The molecule has 0 aromatic heterocycles. The fourth-order valence-electron chi connectivity index (χ4n) is 2.63. The highest BCUT2D eigenvalue weighted by Gasteiger charge is 2.28. The van der Waals surface area contributed by atoms with Crippen molar-refractivity contribution in [3.8, 4) is 5.75 Å². The molecule has 7 nitrogen and oxygen atoms in total. The molecule has 0 radical (unpaired) electrons. The first kappa shape index (κ1) is 25.5. The predicted octanol–water partition coefficient (Wildman–Crippen LogP) is 2.22. The van der Waals surface area contributed by atoms with E-state index in [-0.39, 0.29) is 35.8 Å². The first-order valence-electron chi connectivity index (χ1n) is 10.2. The zero-order valence-corrected chi connectivity index (χ0v) is 20.2. The molecule has 0 saturated heterocycles. The summed E-state index contributed by atoms with van der Waals surface area (Å²) >= 11 is 0. The lowest BCUT2D eigenvalue weighted by Gasteiger charge is -2.12. The molecule has 1 amide bonds. The average molecular weight is 517 g/mol. The topological polar surface area (TPSA) is 78.0 Å². The number of carbonyl (C=O) groups is 1. The van der Waals surface area contributed by atoms with Gasteiger partial charge in [-0.05, 0) is 58.0 Å². The minimum absolute atomic E-state index is 0. The van der Waals surface area contributed by atoms with Crippen molar-refractivity contribution in [1.29, 1.82) is 0 Å². The maximum absolute atomic E-state index is 11.6. The van der Waals surface area contributed by atoms with Crippen molar-refractivity contribution in [2.24, 2.45) is 10.9 Å². The van der Waals surface area contributed by atoms with Crippen molar-refractivity contribution in [2.45, 2.75) is 32.7 Å². The van der Waals surface area contributed by atoms with Crippen LogP contribution in [0.1, 0.15) is 31.7 Å². The first-order chi connectivity index (χ1) is 13.6. The summed E-state index contributed by atoms with van der Waals surface area (Å²) in [6.45, 7) is 6.43. The number of ether oxygens (including phenoxy) is 1. The van der Waals surface area contributed by atoms with Crippen molar-refractivity contribution in [3.63, 3.8) is 0 Å². The zero-order chi connectivity index (χ0) is 20.2. The Morgan fingerprint density at radius 1 is 1.14 bits per heavy atom. The van der Waals surface area contributed by atoms with Crippen LogP contribution in [0.3, 0.4) is 0 Å². The fraction of sp³-hybridized carbons (Fsp3) is 0.619. The second kappa shape index (κ2) is 14.4. The molecule has 0 unspecified atom stereocenters. The van der Waals surface area contributed by atoms with E-state index in [1.54, 1.807) is 0 Å². The summed E-state index contributed by atoms with van der Waals surface area (Å²) in [5.41, 5.74) is 1.12. The number of amides is 1. The molecule has 0 atom stereocenters. The highest BCUT2D eigenvalue weighted by molar-refractivity contribution is 14.0. The summed E-state index contributed by atoms with van der Waals surface area (Å²) in [6, 6.07) is 8.08. The van der Waals surface area contributed by atoms with Gasteiger partial charge in [0.15, 0.2) is 5.96 Å². The van der Waals surface area contributed by atoms with Crippen LogP contribution in [-0.2, 0) is 11.3 Å². The molecule has 8 heteroatoms. The van der Waals surface area contributed by atoms with Crippen molar-refractivity contribution in [1.82, 2.24) is 20.9 Å². The van der Waals surface area contributed by atoms with Crippen LogP contribution in [-0.4, -0.2) is 63.6 Å². The Morgan fingerprint density at radius 2 is 1.83 bits per heavy atom. The van der Waals surface area contributed by atoms with Crippen LogP contribution in [0.25, 0.3) is 0 Å². The van der Waals surface area contributed by atoms with E-state index in [0.29, 0.717) is 19.6 Å². The first-order valence-corrected chi connectivity index (χ1v) is 10.2. The SMILES string of the molecule is CCNC(=NCc1ccc(OCCCN(C)C)cc1)NCCNC(=O)C1CC1.I. The summed E-state index contributed by atoms with van der Waals surface area (Å²) in [6.07, 6.45) is 3.07. The van der Waals surface area contributed by atoms with Gasteiger partial charge in [0.2, 0.25) is 5.91 Å². The van der Waals surface area contributed by atoms with Crippen molar-refractivity contribution in [3.05, 3.63) is 29.8 Å². The third kappa shape index (κ3) is 11.3. The van der Waals surface area contributed by atoms with Crippen molar-refractivity contribution < 1.29 is 9.53 Å². The smallest absolute Gasteiger partial charge is 0.223 e. The minimum atomic E-state index is 0. The average Bonchev–Trinajstić information content (AvgIpc) is 3.52. The van der Waals surface area contributed by atoms with Crippen LogP contribution in [0.5, 0.6) is 5.75 Å². The lowest BCUT2D eigenvalue weighted by Crippen LogP contribution is -2.41. The number of aliphatic imine (C=N–C) groups is 1. The second-order valence-corrected chi connectivity index (χ2v) is 7.34. The molecule has 3 N–H and O–H groups in total. The van der Waals surface area contributed by atoms with E-state index >= 15 is 0 Å². The van der Waals surface area contributed by atoms with Gasteiger partial charge in [0, 0.05) is 32.1 Å². The lowest BCUT2D eigenvalue weighted by atomic mass is 10.2. The normalized spacial score (nSPS) is 13.6. The van der Waals surface area contributed by atoms with Gasteiger partial charge in [-0.2, -0.15) is 0 Å².